The molecule has 5 heteroatoms. The molecular formula is C20H22N4O. The number of hydrogen-bond donors (Lipinski definition) is 0. The summed E-state index contributed by atoms with van der Waals surface area (Å²) >= 11 is 0. The van der Waals surface area contributed by atoms with Crippen molar-refractivity contribution in [1.82, 2.24) is 19.4 Å². The topological polar surface area (TPSA) is 51.0 Å². The van der Waals surface area contributed by atoms with Crippen LogP contribution in [0.25, 0.3) is 11.0 Å². The third kappa shape index (κ3) is 3.61. The molecule has 0 radical (unpaired) electrons. The molecule has 0 amide bonds. The van der Waals surface area contributed by atoms with E-state index in [1.165, 1.54) is 37.9 Å². The van der Waals surface area contributed by atoms with Gasteiger partial charge in [-0.25, -0.2) is 9.97 Å². The molecule has 1 aliphatic heterocycles. The Morgan fingerprint density at radius 1 is 0.920 bits per heavy atom. The number of aromatic nitrogens is 3. The summed E-state index contributed by atoms with van der Waals surface area (Å²) in [6.45, 7) is 3.89. The Kier molecular flexibility index (Phi) is 4.57. The Morgan fingerprint density at radius 3 is 2.56 bits per heavy atom. The molecule has 2 aromatic heterocycles. The highest BCUT2D eigenvalue weighted by molar-refractivity contribution is 5.72. The van der Waals surface area contributed by atoms with Crippen molar-refractivity contribution in [2.45, 2.75) is 32.4 Å². The fraction of sp³-hybridized carbons (Fsp3) is 0.350. The molecule has 0 saturated carbocycles. The number of hydrogen-bond acceptors (Lipinski definition) is 4. The summed E-state index contributed by atoms with van der Waals surface area (Å²) in [5.74, 6) is 0. The van der Waals surface area contributed by atoms with E-state index in [1.807, 2.05) is 0 Å². The summed E-state index contributed by atoms with van der Waals surface area (Å²) in [6, 6.07) is 12.1. The van der Waals surface area contributed by atoms with Gasteiger partial charge in [0.1, 0.15) is 6.33 Å². The van der Waals surface area contributed by atoms with Gasteiger partial charge in [0.25, 0.3) is 5.56 Å². The standard InChI is InChI=1S/C20H22N4O/c25-20-18-8-5-9-21-19(18)22-15-24(20)14-17-7-4-6-16(12-17)13-23-10-2-1-3-11-23/h4-9,12,15H,1-3,10-11,13-14H2. The largest absolute Gasteiger partial charge is 0.299 e. The molecule has 0 atom stereocenters. The lowest BCUT2D eigenvalue weighted by atomic mass is 10.1. The summed E-state index contributed by atoms with van der Waals surface area (Å²) in [6.07, 6.45) is 7.19. The fourth-order valence-corrected chi connectivity index (χ4v) is 3.51. The van der Waals surface area contributed by atoms with Crippen molar-refractivity contribution in [3.05, 3.63) is 70.4 Å². The lowest BCUT2D eigenvalue weighted by Gasteiger charge is -2.26. The maximum absolute atomic E-state index is 12.6. The van der Waals surface area contributed by atoms with E-state index >= 15 is 0 Å². The van der Waals surface area contributed by atoms with E-state index in [2.05, 4.69) is 39.1 Å². The Labute approximate surface area is 147 Å². The van der Waals surface area contributed by atoms with Gasteiger partial charge in [0.05, 0.1) is 11.9 Å². The van der Waals surface area contributed by atoms with Crippen LogP contribution in [-0.4, -0.2) is 32.5 Å². The number of piperidine rings is 1. The van der Waals surface area contributed by atoms with Crippen molar-refractivity contribution in [2.75, 3.05) is 13.1 Å². The van der Waals surface area contributed by atoms with Gasteiger partial charge < -0.3 is 0 Å². The second-order valence-electron chi connectivity index (χ2n) is 6.71. The molecule has 0 spiro atoms. The van der Waals surface area contributed by atoms with Crippen LogP contribution < -0.4 is 5.56 Å². The molecule has 1 aromatic carbocycles. The molecule has 4 rings (SSSR count). The first-order valence-corrected chi connectivity index (χ1v) is 8.90. The predicted octanol–water partition coefficient (Wildman–Crippen LogP) is 2.83. The molecule has 1 saturated heterocycles. The van der Waals surface area contributed by atoms with Crippen LogP contribution >= 0.6 is 0 Å². The van der Waals surface area contributed by atoms with Crippen LogP contribution in [0, 0.1) is 0 Å². The van der Waals surface area contributed by atoms with E-state index < -0.39 is 0 Å². The van der Waals surface area contributed by atoms with Gasteiger partial charge in [-0.15, -0.1) is 0 Å². The number of benzene rings is 1. The van der Waals surface area contributed by atoms with Gasteiger partial charge in [-0.05, 0) is 49.2 Å². The zero-order chi connectivity index (χ0) is 17.1. The van der Waals surface area contributed by atoms with Crippen LogP contribution in [0.15, 0.2) is 53.7 Å². The van der Waals surface area contributed by atoms with Crippen LogP contribution in [0.5, 0.6) is 0 Å². The Morgan fingerprint density at radius 2 is 1.72 bits per heavy atom. The smallest absolute Gasteiger partial charge is 0.263 e. The van der Waals surface area contributed by atoms with Gasteiger partial charge >= 0.3 is 0 Å². The third-order valence-corrected chi connectivity index (χ3v) is 4.80. The number of nitrogens with zero attached hydrogens (tertiary/aromatic N) is 4. The third-order valence-electron chi connectivity index (χ3n) is 4.80. The van der Waals surface area contributed by atoms with Gasteiger partial charge in [0, 0.05) is 12.7 Å². The van der Waals surface area contributed by atoms with Crippen LogP contribution in [0.4, 0.5) is 0 Å². The van der Waals surface area contributed by atoms with E-state index in [0.717, 1.165) is 12.1 Å². The molecule has 1 aliphatic rings. The van der Waals surface area contributed by atoms with Crippen molar-refractivity contribution < 1.29 is 0 Å². The van der Waals surface area contributed by atoms with Crippen molar-refractivity contribution in [2.24, 2.45) is 0 Å². The number of likely N-dealkylation sites (tertiary alicyclic amines) is 1. The van der Waals surface area contributed by atoms with E-state index in [9.17, 15) is 4.79 Å². The Bertz CT molecular complexity index is 928. The molecule has 0 unspecified atom stereocenters. The number of pyridine rings is 1. The lowest BCUT2D eigenvalue weighted by Crippen LogP contribution is -2.29. The molecule has 0 bridgehead atoms. The van der Waals surface area contributed by atoms with Crippen LogP contribution in [0.1, 0.15) is 30.4 Å². The maximum Gasteiger partial charge on any atom is 0.263 e. The lowest BCUT2D eigenvalue weighted by molar-refractivity contribution is 0.221. The zero-order valence-corrected chi connectivity index (χ0v) is 14.3. The van der Waals surface area contributed by atoms with Gasteiger partial charge in [-0.3, -0.25) is 14.3 Å². The fourth-order valence-electron chi connectivity index (χ4n) is 3.51. The Hall–Kier alpha value is -2.53. The molecule has 128 valence electrons. The van der Waals surface area contributed by atoms with E-state index in [4.69, 9.17) is 0 Å². The number of rotatable bonds is 4. The highest BCUT2D eigenvalue weighted by Gasteiger charge is 2.11. The second-order valence-corrected chi connectivity index (χ2v) is 6.71. The van der Waals surface area contributed by atoms with Crippen LogP contribution in [0.2, 0.25) is 0 Å². The van der Waals surface area contributed by atoms with Crippen molar-refractivity contribution in [3.63, 3.8) is 0 Å². The van der Waals surface area contributed by atoms with Gasteiger partial charge in [0.15, 0.2) is 5.65 Å². The minimum Gasteiger partial charge on any atom is -0.299 e. The van der Waals surface area contributed by atoms with Gasteiger partial charge in [-0.2, -0.15) is 0 Å². The Balaban J connectivity index is 1.55. The number of fused-ring (bicyclic) bond motifs is 1. The van der Waals surface area contributed by atoms with Gasteiger partial charge in [-0.1, -0.05) is 30.7 Å². The van der Waals surface area contributed by atoms with Crippen LogP contribution in [0.3, 0.4) is 0 Å². The second kappa shape index (κ2) is 7.15. The average Bonchev–Trinajstić information content (AvgIpc) is 2.65. The summed E-state index contributed by atoms with van der Waals surface area (Å²) in [7, 11) is 0. The van der Waals surface area contributed by atoms with E-state index in [1.54, 1.807) is 29.2 Å². The summed E-state index contributed by atoms with van der Waals surface area (Å²) in [5.41, 5.74) is 2.90. The molecule has 0 N–H and O–H groups in total. The minimum atomic E-state index is -0.0421. The van der Waals surface area contributed by atoms with Crippen molar-refractivity contribution in [3.8, 4) is 0 Å². The SMILES string of the molecule is O=c1c2cccnc2ncn1Cc1cccc(CN2CCCCC2)c1. The van der Waals surface area contributed by atoms with Crippen molar-refractivity contribution >= 4 is 11.0 Å². The predicted molar refractivity (Wildman–Crippen MR) is 98.5 cm³/mol. The molecular weight excluding hydrogens is 312 g/mol. The normalized spacial score (nSPS) is 15.5. The summed E-state index contributed by atoms with van der Waals surface area (Å²) in [5, 5.41) is 0.564. The monoisotopic (exact) mass is 334 g/mol. The highest BCUT2D eigenvalue weighted by Crippen LogP contribution is 2.14. The molecule has 3 heterocycles. The van der Waals surface area contributed by atoms with Crippen molar-refractivity contribution in [1.29, 1.82) is 0 Å². The van der Waals surface area contributed by atoms with Crippen LogP contribution in [-0.2, 0) is 13.1 Å². The first-order valence-electron chi connectivity index (χ1n) is 8.90. The molecule has 0 aliphatic carbocycles. The minimum absolute atomic E-state index is 0.0421. The summed E-state index contributed by atoms with van der Waals surface area (Å²) in [4.78, 5) is 23.6. The highest BCUT2D eigenvalue weighted by atomic mass is 16.1. The first kappa shape index (κ1) is 16.0. The average molecular weight is 334 g/mol. The zero-order valence-electron chi connectivity index (χ0n) is 14.3. The molecule has 5 nitrogen and oxygen atoms in total. The first-order chi connectivity index (χ1) is 12.3. The maximum atomic E-state index is 12.6. The van der Waals surface area contributed by atoms with E-state index in [-0.39, 0.29) is 5.56 Å². The molecule has 25 heavy (non-hydrogen) atoms. The quantitative estimate of drug-likeness (QED) is 0.736. The van der Waals surface area contributed by atoms with E-state index in [0.29, 0.717) is 17.6 Å². The summed E-state index contributed by atoms with van der Waals surface area (Å²) < 4.78 is 1.66. The molecule has 3 aromatic rings. The molecule has 1 fully saturated rings. The van der Waals surface area contributed by atoms with Gasteiger partial charge in [0.2, 0.25) is 0 Å².